The quantitative estimate of drug-likeness (QED) is 0.555. The number of methoxy groups -OCH3 is 1. The molecule has 1 saturated heterocycles. The molecular weight excluding hydrogens is 418 g/mol. The maximum Gasteiger partial charge on any atom is 0.253 e. The zero-order valence-corrected chi connectivity index (χ0v) is 19.0. The number of nitrogens with zero attached hydrogens (tertiary/aromatic N) is 1. The summed E-state index contributed by atoms with van der Waals surface area (Å²) >= 11 is 0. The van der Waals surface area contributed by atoms with Crippen LogP contribution in [0.4, 0.5) is 5.69 Å². The van der Waals surface area contributed by atoms with E-state index in [2.05, 4.69) is 10.6 Å². The first-order valence-electron chi connectivity index (χ1n) is 11.0. The van der Waals surface area contributed by atoms with Crippen LogP contribution < -0.4 is 10.6 Å². The van der Waals surface area contributed by atoms with E-state index in [1.807, 2.05) is 4.90 Å². The Hall–Kier alpha value is -2.13. The van der Waals surface area contributed by atoms with E-state index in [1.54, 1.807) is 31.4 Å². The predicted molar refractivity (Wildman–Crippen MR) is 120 cm³/mol. The summed E-state index contributed by atoms with van der Waals surface area (Å²) in [7, 11) is -1.52. The Labute approximate surface area is 184 Å². The van der Waals surface area contributed by atoms with Crippen molar-refractivity contribution in [3.05, 3.63) is 29.8 Å². The molecule has 2 aliphatic rings. The average Bonchev–Trinajstić information content (AvgIpc) is 3.12. The highest BCUT2D eigenvalue weighted by molar-refractivity contribution is 7.91. The normalized spacial score (nSPS) is 20.9. The van der Waals surface area contributed by atoms with E-state index in [-0.39, 0.29) is 41.9 Å². The van der Waals surface area contributed by atoms with E-state index in [1.165, 1.54) is 0 Å². The summed E-state index contributed by atoms with van der Waals surface area (Å²) in [5, 5.41) is 5.91. The van der Waals surface area contributed by atoms with Crippen molar-refractivity contribution in [1.82, 2.24) is 10.2 Å². The minimum atomic E-state index is -3.09. The maximum atomic E-state index is 13.3. The van der Waals surface area contributed by atoms with Gasteiger partial charge in [-0.2, -0.15) is 0 Å². The third kappa shape index (κ3) is 6.43. The molecule has 1 heterocycles. The van der Waals surface area contributed by atoms with Gasteiger partial charge in [-0.15, -0.1) is 0 Å². The van der Waals surface area contributed by atoms with Gasteiger partial charge >= 0.3 is 0 Å². The fourth-order valence-electron chi connectivity index (χ4n) is 4.52. The zero-order chi connectivity index (χ0) is 22.3. The summed E-state index contributed by atoms with van der Waals surface area (Å²) in [5.41, 5.74) is 1.03. The second kappa shape index (κ2) is 10.9. The lowest BCUT2D eigenvalue weighted by Gasteiger charge is -2.38. The first-order valence-corrected chi connectivity index (χ1v) is 12.8. The fraction of sp³-hybridized carbons (Fsp3) is 0.636. The molecule has 3 rings (SSSR count). The Balaban J connectivity index is 1.69. The number of hydrogen-bond donors (Lipinski definition) is 2. The van der Waals surface area contributed by atoms with Crippen molar-refractivity contribution in [2.45, 2.75) is 50.6 Å². The summed E-state index contributed by atoms with van der Waals surface area (Å²) in [6, 6.07) is 6.89. The number of amides is 2. The molecule has 2 fully saturated rings. The number of rotatable bonds is 9. The van der Waals surface area contributed by atoms with Crippen LogP contribution in [-0.2, 0) is 19.4 Å². The molecule has 0 bridgehead atoms. The summed E-state index contributed by atoms with van der Waals surface area (Å²) in [6.45, 7) is 0.837. The Morgan fingerprint density at radius 1 is 1.10 bits per heavy atom. The maximum absolute atomic E-state index is 13.3. The minimum absolute atomic E-state index is 0.0232. The SMILES string of the molecule is COCCNC(=O)c1ccccc1NCC(=O)N(C1CCCCC1)C1CCS(=O)(=O)C1. The van der Waals surface area contributed by atoms with Gasteiger partial charge in [0.25, 0.3) is 5.91 Å². The third-order valence-corrected chi connectivity index (χ3v) is 7.80. The Morgan fingerprint density at radius 2 is 1.84 bits per heavy atom. The highest BCUT2D eigenvalue weighted by Crippen LogP contribution is 2.28. The van der Waals surface area contributed by atoms with Gasteiger partial charge < -0.3 is 20.3 Å². The van der Waals surface area contributed by atoms with Crippen molar-refractivity contribution in [3.63, 3.8) is 0 Å². The van der Waals surface area contributed by atoms with Gasteiger partial charge in [-0.1, -0.05) is 31.4 Å². The first kappa shape index (κ1) is 23.5. The molecule has 0 aromatic heterocycles. The molecule has 172 valence electrons. The average molecular weight is 452 g/mol. The summed E-state index contributed by atoms with van der Waals surface area (Å²) < 4.78 is 29.1. The van der Waals surface area contributed by atoms with Gasteiger partial charge in [-0.05, 0) is 31.4 Å². The molecule has 1 aromatic rings. The molecular formula is C22H33N3O5S. The summed E-state index contributed by atoms with van der Waals surface area (Å²) in [5.74, 6) is -0.151. The number of carbonyl (C=O) groups excluding carboxylic acids is 2. The largest absolute Gasteiger partial charge is 0.383 e. The monoisotopic (exact) mass is 451 g/mol. The fourth-order valence-corrected chi connectivity index (χ4v) is 6.23. The van der Waals surface area contributed by atoms with Crippen LogP contribution in [0, 0.1) is 0 Å². The van der Waals surface area contributed by atoms with E-state index >= 15 is 0 Å². The lowest BCUT2D eigenvalue weighted by Crippen LogP contribution is -2.50. The third-order valence-electron chi connectivity index (χ3n) is 6.05. The Morgan fingerprint density at radius 3 is 2.52 bits per heavy atom. The highest BCUT2D eigenvalue weighted by Gasteiger charge is 2.38. The van der Waals surface area contributed by atoms with Gasteiger partial charge in [0.1, 0.15) is 0 Å². The second-order valence-corrected chi connectivity index (χ2v) is 10.5. The van der Waals surface area contributed by atoms with Crippen LogP contribution in [0.3, 0.4) is 0 Å². The van der Waals surface area contributed by atoms with Gasteiger partial charge in [0.05, 0.1) is 30.2 Å². The van der Waals surface area contributed by atoms with Crippen LogP contribution in [0.5, 0.6) is 0 Å². The molecule has 1 aromatic carbocycles. The summed E-state index contributed by atoms with van der Waals surface area (Å²) in [6.07, 6.45) is 5.62. The van der Waals surface area contributed by atoms with Gasteiger partial charge in [-0.25, -0.2) is 8.42 Å². The highest BCUT2D eigenvalue weighted by atomic mass is 32.2. The molecule has 31 heavy (non-hydrogen) atoms. The zero-order valence-electron chi connectivity index (χ0n) is 18.1. The van der Waals surface area contributed by atoms with Crippen LogP contribution >= 0.6 is 0 Å². The van der Waals surface area contributed by atoms with Gasteiger partial charge in [-0.3, -0.25) is 9.59 Å². The second-order valence-electron chi connectivity index (χ2n) is 8.30. The van der Waals surface area contributed by atoms with E-state index in [4.69, 9.17) is 4.74 Å². The summed E-state index contributed by atoms with van der Waals surface area (Å²) in [4.78, 5) is 27.6. The molecule has 1 saturated carbocycles. The number of nitrogens with one attached hydrogen (secondary N) is 2. The van der Waals surface area contributed by atoms with E-state index in [0.29, 0.717) is 30.8 Å². The van der Waals surface area contributed by atoms with Crippen molar-refractivity contribution in [2.75, 3.05) is 43.6 Å². The lowest BCUT2D eigenvalue weighted by molar-refractivity contribution is -0.134. The smallest absolute Gasteiger partial charge is 0.253 e. The van der Waals surface area contributed by atoms with Crippen LogP contribution in [0.2, 0.25) is 0 Å². The molecule has 1 unspecified atom stereocenters. The number of ether oxygens (including phenoxy) is 1. The van der Waals surface area contributed by atoms with E-state index < -0.39 is 9.84 Å². The van der Waals surface area contributed by atoms with Crippen LogP contribution in [-0.4, -0.2) is 75.5 Å². The number of benzene rings is 1. The van der Waals surface area contributed by atoms with Crippen molar-refractivity contribution in [3.8, 4) is 0 Å². The molecule has 2 N–H and O–H groups in total. The molecule has 1 aliphatic heterocycles. The number of hydrogen-bond acceptors (Lipinski definition) is 6. The minimum Gasteiger partial charge on any atom is -0.383 e. The predicted octanol–water partition coefficient (Wildman–Crippen LogP) is 1.82. The molecule has 9 heteroatoms. The van der Waals surface area contributed by atoms with Crippen molar-refractivity contribution < 1.29 is 22.7 Å². The van der Waals surface area contributed by atoms with Gasteiger partial charge in [0, 0.05) is 31.4 Å². The lowest BCUT2D eigenvalue weighted by atomic mass is 9.93. The van der Waals surface area contributed by atoms with Crippen LogP contribution in [0.25, 0.3) is 0 Å². The Bertz CT molecular complexity index is 868. The number of carbonyl (C=O) groups is 2. The van der Waals surface area contributed by atoms with E-state index in [9.17, 15) is 18.0 Å². The first-order chi connectivity index (χ1) is 14.9. The Kier molecular flexibility index (Phi) is 8.31. The standard InChI is InChI=1S/C22H33N3O5S/c1-30-13-12-23-22(27)19-9-5-6-10-20(19)24-15-21(26)25(17-7-3-2-4-8-17)18-11-14-31(28,29)16-18/h5-6,9-10,17-18,24H,2-4,7-8,11-16H2,1H3,(H,23,27). The van der Waals surface area contributed by atoms with Gasteiger partial charge in [0.2, 0.25) is 5.91 Å². The number of para-hydroxylation sites is 1. The molecule has 8 nitrogen and oxygen atoms in total. The van der Waals surface area contributed by atoms with Crippen molar-refractivity contribution in [1.29, 1.82) is 0 Å². The van der Waals surface area contributed by atoms with Crippen LogP contribution in [0.15, 0.2) is 24.3 Å². The molecule has 1 atom stereocenters. The van der Waals surface area contributed by atoms with Crippen molar-refractivity contribution in [2.24, 2.45) is 0 Å². The van der Waals surface area contributed by atoms with Crippen LogP contribution in [0.1, 0.15) is 48.9 Å². The van der Waals surface area contributed by atoms with Gasteiger partial charge in [0.15, 0.2) is 9.84 Å². The molecule has 0 spiro atoms. The topological polar surface area (TPSA) is 105 Å². The molecule has 0 radical (unpaired) electrons. The molecule has 2 amide bonds. The molecule has 1 aliphatic carbocycles. The van der Waals surface area contributed by atoms with E-state index in [0.717, 1.165) is 32.1 Å². The number of anilines is 1. The van der Waals surface area contributed by atoms with Crippen molar-refractivity contribution >= 4 is 27.3 Å². The number of sulfone groups is 1.